The number of hydrogen-bond donors (Lipinski definition) is 0. The Kier molecular flexibility index (Phi) is 4.25. The number of hydrazone groups is 1. The third kappa shape index (κ3) is 2.79. The van der Waals surface area contributed by atoms with Crippen LogP contribution in [0.1, 0.15) is 37.3 Å². The molecule has 1 unspecified atom stereocenters. The van der Waals surface area contributed by atoms with Crippen LogP contribution in [-0.2, 0) is 14.3 Å². The van der Waals surface area contributed by atoms with Gasteiger partial charge in [-0.1, -0.05) is 0 Å². The number of fused-ring (bicyclic) bond motifs is 2. The van der Waals surface area contributed by atoms with Gasteiger partial charge in [-0.05, 0) is 48.8 Å². The molecule has 1 aliphatic heterocycles. The number of amides is 1. The second-order valence-electron chi connectivity index (χ2n) is 7.40. The highest BCUT2D eigenvalue weighted by Gasteiger charge is 2.52. The third-order valence-electron chi connectivity index (χ3n) is 6.00. The van der Waals surface area contributed by atoms with Gasteiger partial charge in [0, 0.05) is 24.6 Å². The van der Waals surface area contributed by atoms with Crippen LogP contribution in [-0.4, -0.2) is 30.2 Å². The van der Waals surface area contributed by atoms with E-state index in [0.29, 0.717) is 24.3 Å². The first-order valence-corrected chi connectivity index (χ1v) is 8.87. The monoisotopic (exact) mass is 362 g/mol. The Morgan fingerprint density at radius 3 is 2.38 bits per heavy atom. The standard InChI is InChI=1S/C19H20F2N2O3/c1-26-19(25)16-9-15(10-4-11(16)5-10)18(24)23-17(2-3-22-23)12-6-13(20)8-14(21)7-12/h3,6-8,10-11,15-17H,2,4-5,9H2,1H3/t10?,11?,15-,16+,17?/m0/s1. The lowest BCUT2D eigenvalue weighted by molar-refractivity contribution is -0.161. The summed E-state index contributed by atoms with van der Waals surface area (Å²) < 4.78 is 32.0. The molecule has 2 bridgehead atoms. The van der Waals surface area contributed by atoms with Crippen LogP contribution >= 0.6 is 0 Å². The summed E-state index contributed by atoms with van der Waals surface area (Å²) in [5.74, 6) is -1.81. The number of nitrogens with zero attached hydrogens (tertiary/aromatic N) is 2. The van der Waals surface area contributed by atoms with Gasteiger partial charge in [-0.15, -0.1) is 0 Å². The summed E-state index contributed by atoms with van der Waals surface area (Å²) in [6.45, 7) is 0. The Morgan fingerprint density at radius 1 is 1.08 bits per heavy atom. The van der Waals surface area contributed by atoms with Gasteiger partial charge in [0.1, 0.15) is 11.6 Å². The summed E-state index contributed by atoms with van der Waals surface area (Å²) in [7, 11) is 1.36. The predicted octanol–water partition coefficient (Wildman–Crippen LogP) is 3.06. The number of methoxy groups -OCH3 is 1. The zero-order valence-corrected chi connectivity index (χ0v) is 14.4. The minimum absolute atomic E-state index is 0.175. The summed E-state index contributed by atoms with van der Waals surface area (Å²) in [6.07, 6.45) is 4.14. The van der Waals surface area contributed by atoms with Crippen LogP contribution in [0.4, 0.5) is 8.78 Å². The highest BCUT2D eigenvalue weighted by atomic mass is 19.1. The van der Waals surface area contributed by atoms with E-state index in [1.54, 1.807) is 6.21 Å². The normalized spacial score (nSPS) is 32.3. The lowest BCUT2D eigenvalue weighted by atomic mass is 9.55. The smallest absolute Gasteiger partial charge is 0.308 e. The first-order valence-electron chi connectivity index (χ1n) is 8.87. The number of carbonyl (C=O) groups is 2. The van der Waals surface area contributed by atoms with E-state index >= 15 is 0 Å². The van der Waals surface area contributed by atoms with Crippen LogP contribution in [0.25, 0.3) is 0 Å². The van der Waals surface area contributed by atoms with Crippen molar-refractivity contribution < 1.29 is 23.1 Å². The molecule has 26 heavy (non-hydrogen) atoms. The minimum Gasteiger partial charge on any atom is -0.469 e. The van der Waals surface area contributed by atoms with E-state index < -0.39 is 17.7 Å². The van der Waals surface area contributed by atoms with Crippen molar-refractivity contribution in [1.82, 2.24) is 5.01 Å². The van der Waals surface area contributed by atoms with E-state index in [4.69, 9.17) is 4.74 Å². The van der Waals surface area contributed by atoms with Crippen molar-refractivity contribution in [3.63, 3.8) is 0 Å². The first kappa shape index (κ1) is 17.1. The van der Waals surface area contributed by atoms with Crippen LogP contribution in [0.15, 0.2) is 23.3 Å². The molecule has 1 heterocycles. The van der Waals surface area contributed by atoms with Gasteiger partial charge in [0.2, 0.25) is 5.91 Å². The molecule has 0 radical (unpaired) electrons. The Morgan fingerprint density at radius 2 is 1.73 bits per heavy atom. The molecule has 0 aromatic heterocycles. The molecule has 3 atom stereocenters. The van der Waals surface area contributed by atoms with Gasteiger partial charge in [-0.3, -0.25) is 9.59 Å². The van der Waals surface area contributed by atoms with Gasteiger partial charge in [-0.25, -0.2) is 13.8 Å². The molecule has 5 nitrogen and oxygen atoms in total. The molecule has 0 saturated heterocycles. The average molecular weight is 362 g/mol. The Balaban J connectivity index is 1.55. The molecule has 5 rings (SSSR count). The van der Waals surface area contributed by atoms with Crippen molar-refractivity contribution in [2.24, 2.45) is 28.8 Å². The van der Waals surface area contributed by atoms with Crippen molar-refractivity contribution in [1.29, 1.82) is 0 Å². The predicted molar refractivity (Wildman–Crippen MR) is 88.9 cm³/mol. The van der Waals surface area contributed by atoms with E-state index in [9.17, 15) is 18.4 Å². The van der Waals surface area contributed by atoms with Crippen molar-refractivity contribution in [3.8, 4) is 0 Å². The molecule has 7 heteroatoms. The Labute approximate surface area is 150 Å². The van der Waals surface area contributed by atoms with Crippen molar-refractivity contribution in [2.45, 2.75) is 31.7 Å². The van der Waals surface area contributed by atoms with Crippen LogP contribution in [0.2, 0.25) is 0 Å². The fourth-order valence-corrected chi connectivity index (χ4v) is 4.61. The summed E-state index contributed by atoms with van der Waals surface area (Å²) in [5.41, 5.74) is 0.389. The molecule has 0 spiro atoms. The molecule has 3 fully saturated rings. The van der Waals surface area contributed by atoms with Gasteiger partial charge in [0.05, 0.1) is 19.1 Å². The summed E-state index contributed by atoms with van der Waals surface area (Å²) in [5, 5.41) is 5.51. The van der Waals surface area contributed by atoms with E-state index in [1.165, 1.54) is 24.3 Å². The maximum Gasteiger partial charge on any atom is 0.308 e. The van der Waals surface area contributed by atoms with Gasteiger partial charge >= 0.3 is 5.97 Å². The fourth-order valence-electron chi connectivity index (χ4n) is 4.61. The summed E-state index contributed by atoms with van der Waals surface area (Å²) >= 11 is 0. The lowest BCUT2D eigenvalue weighted by Crippen LogP contribution is -2.50. The third-order valence-corrected chi connectivity index (χ3v) is 6.00. The topological polar surface area (TPSA) is 59.0 Å². The van der Waals surface area contributed by atoms with E-state index in [1.807, 2.05) is 0 Å². The zero-order chi connectivity index (χ0) is 18.4. The van der Waals surface area contributed by atoms with Crippen molar-refractivity contribution in [2.75, 3.05) is 7.11 Å². The molecule has 1 aromatic rings. The first-order chi connectivity index (χ1) is 12.5. The molecule has 4 aliphatic rings. The quantitative estimate of drug-likeness (QED) is 0.777. The number of benzene rings is 1. The van der Waals surface area contributed by atoms with Crippen LogP contribution in [0.3, 0.4) is 0 Å². The molecule has 3 saturated carbocycles. The van der Waals surface area contributed by atoms with Crippen LogP contribution in [0, 0.1) is 35.3 Å². The van der Waals surface area contributed by atoms with Gasteiger partial charge < -0.3 is 4.74 Å². The SMILES string of the molecule is COC(=O)[C@@H]1C[C@H](C(=O)N2N=CCC2c2cc(F)cc(F)c2)C2CC1C2. The minimum atomic E-state index is -0.676. The molecular weight excluding hydrogens is 342 g/mol. The van der Waals surface area contributed by atoms with Gasteiger partial charge in [-0.2, -0.15) is 5.10 Å². The second kappa shape index (κ2) is 6.45. The molecule has 1 amide bonds. The number of rotatable bonds is 3. The Bertz CT molecular complexity index is 756. The van der Waals surface area contributed by atoms with Crippen molar-refractivity contribution in [3.05, 3.63) is 35.4 Å². The average Bonchev–Trinajstić information content (AvgIpc) is 3.08. The highest BCUT2D eigenvalue weighted by molar-refractivity contribution is 5.84. The van der Waals surface area contributed by atoms with E-state index in [2.05, 4.69) is 5.10 Å². The number of carbonyl (C=O) groups excluding carboxylic acids is 2. The summed E-state index contributed by atoms with van der Waals surface area (Å²) in [6, 6.07) is 2.77. The van der Waals surface area contributed by atoms with Gasteiger partial charge in [0.25, 0.3) is 0 Å². The van der Waals surface area contributed by atoms with E-state index in [-0.39, 0.29) is 29.6 Å². The zero-order valence-electron chi connectivity index (χ0n) is 14.4. The number of esters is 1. The van der Waals surface area contributed by atoms with Crippen LogP contribution in [0.5, 0.6) is 0 Å². The van der Waals surface area contributed by atoms with E-state index in [0.717, 1.165) is 18.9 Å². The fraction of sp³-hybridized carbons (Fsp3) is 0.526. The largest absolute Gasteiger partial charge is 0.469 e. The molecule has 138 valence electrons. The van der Waals surface area contributed by atoms with Crippen LogP contribution < -0.4 is 0 Å². The lowest BCUT2D eigenvalue weighted by Gasteiger charge is -2.50. The Hall–Kier alpha value is -2.31. The number of hydrogen-bond acceptors (Lipinski definition) is 4. The molecule has 1 aromatic carbocycles. The molecular formula is C19H20F2N2O3. The van der Waals surface area contributed by atoms with Gasteiger partial charge in [0.15, 0.2) is 0 Å². The maximum atomic E-state index is 13.6. The maximum absolute atomic E-state index is 13.6. The summed E-state index contributed by atoms with van der Waals surface area (Å²) in [4.78, 5) is 25.1. The highest BCUT2D eigenvalue weighted by Crippen LogP contribution is 2.53. The number of halogens is 2. The second-order valence-corrected chi connectivity index (χ2v) is 7.40. The van der Waals surface area contributed by atoms with Crippen molar-refractivity contribution >= 4 is 18.1 Å². The molecule has 0 N–H and O–H groups in total. The number of ether oxygens (including phenoxy) is 1. The molecule has 3 aliphatic carbocycles.